The first-order valence-electron chi connectivity index (χ1n) is 11.6. The van der Waals surface area contributed by atoms with Crippen molar-refractivity contribution in [2.24, 2.45) is 0 Å². The number of hydrogen-bond acceptors (Lipinski definition) is 9. The summed E-state index contributed by atoms with van der Waals surface area (Å²) in [5.74, 6) is 1.66. The van der Waals surface area contributed by atoms with E-state index in [0.29, 0.717) is 43.5 Å². The number of β-amino-alcohol motifs (C(OH)–C–C–N with tert-alkyl or cyclic N) is 1. The number of thioether (sulfide) groups is 1. The van der Waals surface area contributed by atoms with Gasteiger partial charge in [-0.1, -0.05) is 0 Å². The Morgan fingerprint density at radius 1 is 1.26 bits per heavy atom. The summed E-state index contributed by atoms with van der Waals surface area (Å²) in [6, 6.07) is 9.36. The van der Waals surface area contributed by atoms with Crippen LogP contribution in [0, 0.1) is 0 Å². The lowest BCUT2D eigenvalue weighted by Gasteiger charge is -2.36. The van der Waals surface area contributed by atoms with Crippen molar-refractivity contribution in [2.75, 3.05) is 37.8 Å². The molecule has 0 aliphatic carbocycles. The van der Waals surface area contributed by atoms with E-state index in [1.54, 1.807) is 11.7 Å². The predicted molar refractivity (Wildman–Crippen MR) is 134 cm³/mol. The van der Waals surface area contributed by atoms with E-state index in [1.807, 2.05) is 30.3 Å². The number of fused-ring (bicyclic) bond motifs is 2. The highest BCUT2D eigenvalue weighted by molar-refractivity contribution is 8.00. The summed E-state index contributed by atoms with van der Waals surface area (Å²) in [5.41, 5.74) is 2.14. The zero-order valence-corrected chi connectivity index (χ0v) is 20.3. The van der Waals surface area contributed by atoms with Gasteiger partial charge in [-0.15, -0.1) is 11.8 Å². The Balaban J connectivity index is 1.17. The molecule has 1 saturated heterocycles. The monoisotopic (exact) mass is 496 g/mol. The molecule has 10 nitrogen and oxygen atoms in total. The fraction of sp³-hybridized carbons (Fsp3) is 0.417. The second kappa shape index (κ2) is 10.3. The maximum atomic E-state index is 12.5. The van der Waals surface area contributed by atoms with E-state index < -0.39 is 6.10 Å². The molecule has 1 amide bonds. The van der Waals surface area contributed by atoms with Gasteiger partial charge in [0.05, 0.1) is 46.8 Å². The first-order valence-corrected chi connectivity index (χ1v) is 12.6. The SMILES string of the molecule is COc1ccc2ncc(=O)n(CCN3CC[C@H](NCc4ccc5c(n4)NC(=O)CS5)[C@H](O)C3)c2c1. The summed E-state index contributed by atoms with van der Waals surface area (Å²) in [4.78, 5) is 36.0. The Morgan fingerprint density at radius 2 is 2.14 bits per heavy atom. The summed E-state index contributed by atoms with van der Waals surface area (Å²) in [5, 5.41) is 17.0. The van der Waals surface area contributed by atoms with Crippen molar-refractivity contribution in [1.29, 1.82) is 0 Å². The first kappa shape index (κ1) is 23.7. The minimum atomic E-state index is -0.539. The van der Waals surface area contributed by atoms with Gasteiger partial charge in [0.2, 0.25) is 5.91 Å². The second-order valence-corrected chi connectivity index (χ2v) is 9.75. The number of aliphatic hydroxyl groups is 1. The van der Waals surface area contributed by atoms with Crippen molar-refractivity contribution in [3.05, 3.63) is 52.6 Å². The molecule has 1 fully saturated rings. The summed E-state index contributed by atoms with van der Waals surface area (Å²) < 4.78 is 7.02. The lowest BCUT2D eigenvalue weighted by atomic mass is 10.0. The smallest absolute Gasteiger partial charge is 0.269 e. The maximum Gasteiger partial charge on any atom is 0.269 e. The molecule has 0 unspecified atom stereocenters. The fourth-order valence-corrected chi connectivity index (χ4v) is 5.27. The van der Waals surface area contributed by atoms with Gasteiger partial charge in [-0.3, -0.25) is 14.5 Å². The van der Waals surface area contributed by atoms with Gasteiger partial charge in [0, 0.05) is 38.3 Å². The quantitative estimate of drug-likeness (QED) is 0.441. The molecular weight excluding hydrogens is 468 g/mol. The molecule has 11 heteroatoms. The van der Waals surface area contributed by atoms with E-state index in [2.05, 4.69) is 25.5 Å². The standard InChI is InChI=1S/C24H28N6O4S/c1-34-16-3-4-17-19(10-16)30(23(33)12-26-17)9-8-29-7-6-18(20(31)13-29)25-11-15-2-5-21-24(27-15)28-22(32)14-35-21/h2-5,10,12,18,20,25,31H,6-9,11,13-14H2,1H3,(H,27,28,32)/t18-,20+/m0/s1. The molecule has 0 radical (unpaired) electrons. The zero-order valence-electron chi connectivity index (χ0n) is 19.4. The van der Waals surface area contributed by atoms with Crippen molar-refractivity contribution in [3.8, 4) is 5.75 Å². The third-order valence-electron chi connectivity index (χ3n) is 6.44. The molecular formula is C24H28N6O4S. The van der Waals surface area contributed by atoms with Gasteiger partial charge >= 0.3 is 0 Å². The van der Waals surface area contributed by atoms with Crippen LogP contribution >= 0.6 is 11.8 Å². The minimum Gasteiger partial charge on any atom is -0.497 e. The van der Waals surface area contributed by atoms with Crippen LogP contribution in [0.1, 0.15) is 12.1 Å². The summed E-state index contributed by atoms with van der Waals surface area (Å²) in [6.45, 7) is 2.97. The molecule has 35 heavy (non-hydrogen) atoms. The van der Waals surface area contributed by atoms with Crippen LogP contribution in [0.2, 0.25) is 0 Å². The Bertz CT molecular complexity index is 1300. The van der Waals surface area contributed by atoms with Crippen molar-refractivity contribution in [1.82, 2.24) is 24.8 Å². The number of nitrogens with zero attached hydrogens (tertiary/aromatic N) is 4. The molecule has 0 spiro atoms. The Kier molecular flexibility index (Phi) is 7.00. The second-order valence-electron chi connectivity index (χ2n) is 8.73. The average molecular weight is 497 g/mol. The molecule has 3 aromatic rings. The predicted octanol–water partition coefficient (Wildman–Crippen LogP) is 1.07. The first-order chi connectivity index (χ1) is 17.0. The molecule has 184 valence electrons. The molecule has 3 N–H and O–H groups in total. The number of aliphatic hydroxyl groups excluding tert-OH is 1. The molecule has 2 atom stereocenters. The minimum absolute atomic E-state index is 0.0379. The van der Waals surface area contributed by atoms with Crippen LogP contribution < -0.4 is 20.9 Å². The van der Waals surface area contributed by atoms with E-state index in [-0.39, 0.29) is 17.5 Å². The number of piperidine rings is 1. The van der Waals surface area contributed by atoms with Gasteiger partial charge < -0.3 is 25.0 Å². The number of nitrogens with one attached hydrogen (secondary N) is 2. The van der Waals surface area contributed by atoms with E-state index in [9.17, 15) is 14.7 Å². The molecule has 5 rings (SSSR count). The number of ether oxygens (including phenoxy) is 1. The molecule has 2 aliphatic heterocycles. The third kappa shape index (κ3) is 5.32. The number of likely N-dealkylation sites (tertiary alicyclic amines) is 1. The maximum absolute atomic E-state index is 12.5. The number of carbonyl (C=O) groups is 1. The summed E-state index contributed by atoms with van der Waals surface area (Å²) >= 11 is 1.49. The number of pyridine rings is 1. The Hall–Kier alpha value is -2.99. The number of carbonyl (C=O) groups excluding carboxylic acids is 1. The Morgan fingerprint density at radius 3 is 2.97 bits per heavy atom. The number of benzene rings is 1. The van der Waals surface area contributed by atoms with E-state index in [1.165, 1.54) is 18.0 Å². The Labute approximate surface area is 206 Å². The van der Waals surface area contributed by atoms with Gasteiger partial charge in [0.25, 0.3) is 5.56 Å². The third-order valence-corrected chi connectivity index (χ3v) is 7.48. The number of hydrogen-bond donors (Lipinski definition) is 3. The van der Waals surface area contributed by atoms with Gasteiger partial charge in [-0.2, -0.15) is 0 Å². The molecule has 4 heterocycles. The van der Waals surface area contributed by atoms with Crippen molar-refractivity contribution in [3.63, 3.8) is 0 Å². The summed E-state index contributed by atoms with van der Waals surface area (Å²) in [7, 11) is 1.60. The number of aromatic nitrogens is 3. The summed E-state index contributed by atoms with van der Waals surface area (Å²) in [6.07, 6.45) is 1.58. The van der Waals surface area contributed by atoms with Crippen LogP contribution in [0.15, 0.2) is 46.2 Å². The number of methoxy groups -OCH3 is 1. The average Bonchev–Trinajstić information content (AvgIpc) is 2.87. The van der Waals surface area contributed by atoms with Gasteiger partial charge in [-0.25, -0.2) is 9.97 Å². The van der Waals surface area contributed by atoms with Crippen molar-refractivity contribution >= 4 is 34.5 Å². The van der Waals surface area contributed by atoms with Gasteiger partial charge in [0.15, 0.2) is 0 Å². The number of rotatable bonds is 7. The van der Waals surface area contributed by atoms with Crippen LogP contribution in [0.5, 0.6) is 5.75 Å². The molecule has 2 aliphatic rings. The highest BCUT2D eigenvalue weighted by Gasteiger charge is 2.27. The zero-order chi connectivity index (χ0) is 24.4. The van der Waals surface area contributed by atoms with Crippen LogP contribution in [0.4, 0.5) is 5.82 Å². The van der Waals surface area contributed by atoms with Crippen molar-refractivity contribution < 1.29 is 14.6 Å². The lowest BCUT2D eigenvalue weighted by Crippen LogP contribution is -2.53. The van der Waals surface area contributed by atoms with Crippen LogP contribution in [-0.4, -0.2) is 75.1 Å². The van der Waals surface area contributed by atoms with Gasteiger partial charge in [0.1, 0.15) is 11.6 Å². The highest BCUT2D eigenvalue weighted by Crippen LogP contribution is 2.29. The topological polar surface area (TPSA) is 122 Å². The van der Waals surface area contributed by atoms with Gasteiger partial charge in [-0.05, 0) is 37.2 Å². The van der Waals surface area contributed by atoms with E-state index in [4.69, 9.17) is 4.74 Å². The molecule has 0 bridgehead atoms. The lowest BCUT2D eigenvalue weighted by molar-refractivity contribution is -0.113. The number of amides is 1. The van der Waals surface area contributed by atoms with Crippen LogP contribution in [0.25, 0.3) is 11.0 Å². The number of anilines is 1. The van der Waals surface area contributed by atoms with Crippen molar-refractivity contribution in [2.45, 2.75) is 36.6 Å². The molecule has 1 aromatic carbocycles. The highest BCUT2D eigenvalue weighted by atomic mass is 32.2. The normalized spacial score (nSPS) is 20.5. The fourth-order valence-electron chi connectivity index (χ4n) is 4.52. The van der Waals surface area contributed by atoms with E-state index in [0.717, 1.165) is 34.6 Å². The molecule has 2 aromatic heterocycles. The largest absolute Gasteiger partial charge is 0.497 e. The van der Waals surface area contributed by atoms with Crippen LogP contribution in [-0.2, 0) is 17.9 Å². The van der Waals surface area contributed by atoms with E-state index >= 15 is 0 Å². The van der Waals surface area contributed by atoms with Crippen LogP contribution in [0.3, 0.4) is 0 Å². The molecule has 0 saturated carbocycles.